The van der Waals surface area contributed by atoms with Crippen LogP contribution in [0.2, 0.25) is 0 Å². The van der Waals surface area contributed by atoms with Crippen molar-refractivity contribution in [2.45, 2.75) is 44.2 Å². The van der Waals surface area contributed by atoms with Gasteiger partial charge in [-0.2, -0.15) is 4.31 Å². The minimum Gasteiger partial charge on any atom is -0.493 e. The highest BCUT2D eigenvalue weighted by molar-refractivity contribution is 7.89. The Balaban J connectivity index is 1.60. The molecule has 11 nitrogen and oxygen atoms in total. The molecule has 2 heterocycles. The van der Waals surface area contributed by atoms with Crippen molar-refractivity contribution in [1.82, 2.24) is 14.1 Å². The molecular weight excluding hydrogens is 548 g/mol. The summed E-state index contributed by atoms with van der Waals surface area (Å²) in [5.74, 6) is 0.309. The van der Waals surface area contributed by atoms with Crippen LogP contribution < -0.4 is 14.4 Å². The number of ether oxygens (including phenoxy) is 3. The zero-order chi connectivity index (χ0) is 29.9. The van der Waals surface area contributed by atoms with Gasteiger partial charge in [0, 0.05) is 57.6 Å². The van der Waals surface area contributed by atoms with Crippen molar-refractivity contribution in [1.29, 1.82) is 0 Å². The maximum Gasteiger partial charge on any atom is 0.410 e. The smallest absolute Gasteiger partial charge is 0.410 e. The van der Waals surface area contributed by atoms with Crippen molar-refractivity contribution in [3.05, 3.63) is 48.0 Å². The van der Waals surface area contributed by atoms with Crippen LogP contribution in [0.4, 0.5) is 10.5 Å². The Bertz CT molecular complexity index is 1370. The fraction of sp³-hybridized carbons (Fsp3) is 0.517. The van der Waals surface area contributed by atoms with E-state index in [1.165, 1.54) is 41.6 Å². The molecule has 224 valence electrons. The van der Waals surface area contributed by atoms with Crippen LogP contribution in [-0.4, -0.2) is 106 Å². The quantitative estimate of drug-likeness (QED) is 0.507. The Hall–Kier alpha value is -3.51. The first-order valence-corrected chi connectivity index (χ1v) is 15.1. The number of hydrogen-bond acceptors (Lipinski definition) is 8. The number of nitrogens with zero attached hydrogens (tertiary/aromatic N) is 4. The second-order valence-electron chi connectivity index (χ2n) is 11.2. The third kappa shape index (κ3) is 6.70. The maximum atomic E-state index is 14.0. The van der Waals surface area contributed by atoms with Gasteiger partial charge < -0.3 is 28.9 Å². The zero-order valence-electron chi connectivity index (χ0n) is 24.6. The van der Waals surface area contributed by atoms with Gasteiger partial charge in [0.2, 0.25) is 15.9 Å². The molecular formula is C29H40N4O7S. The number of piperazine rings is 2. The van der Waals surface area contributed by atoms with E-state index < -0.39 is 27.8 Å². The molecule has 0 radical (unpaired) electrons. The Morgan fingerprint density at radius 3 is 2.10 bits per heavy atom. The number of carbonyl (C=O) groups excluding carboxylic acids is 2. The van der Waals surface area contributed by atoms with Gasteiger partial charge in [-0.05, 0) is 51.5 Å². The molecule has 0 spiro atoms. The lowest BCUT2D eigenvalue weighted by atomic mass is 10.1. The Labute approximate surface area is 242 Å². The molecule has 0 N–H and O–H groups in total. The fourth-order valence-electron chi connectivity index (χ4n) is 5.16. The average molecular weight is 589 g/mol. The zero-order valence-corrected chi connectivity index (χ0v) is 25.4. The van der Waals surface area contributed by atoms with Crippen molar-refractivity contribution in [3.8, 4) is 11.5 Å². The first-order valence-electron chi connectivity index (χ1n) is 13.7. The van der Waals surface area contributed by atoms with Gasteiger partial charge in [0.1, 0.15) is 11.6 Å². The second kappa shape index (κ2) is 12.2. The molecule has 1 unspecified atom stereocenters. The SMILES string of the molecule is COc1ccc(S(=O)(=O)N2CCN(C(=O)OC(C)(C)C)CC2C(=O)N2CCN(c3ccccc3C)CC2)cc1OC. The lowest BCUT2D eigenvalue weighted by Gasteiger charge is -2.43. The monoisotopic (exact) mass is 588 g/mol. The number of amides is 2. The topological polar surface area (TPSA) is 109 Å². The number of aryl methyl sites for hydroxylation is 1. The van der Waals surface area contributed by atoms with E-state index in [2.05, 4.69) is 24.0 Å². The normalized spacial score (nSPS) is 18.7. The van der Waals surface area contributed by atoms with Gasteiger partial charge in [-0.25, -0.2) is 13.2 Å². The second-order valence-corrected chi connectivity index (χ2v) is 13.1. The predicted octanol–water partition coefficient (Wildman–Crippen LogP) is 2.97. The molecule has 0 bridgehead atoms. The number of anilines is 1. The van der Waals surface area contributed by atoms with Crippen LogP contribution in [0.3, 0.4) is 0 Å². The molecule has 1 atom stereocenters. The standard InChI is InChI=1S/C29H40N4O7S/c1-21-9-7-8-10-23(21)30-13-15-31(16-14-30)27(34)24-20-32(28(35)40-29(2,3)4)17-18-33(24)41(36,37)22-11-12-25(38-5)26(19-22)39-6/h7-12,19,24H,13-18,20H2,1-6H3. The third-order valence-electron chi connectivity index (χ3n) is 7.28. The lowest BCUT2D eigenvalue weighted by Crippen LogP contribution is -2.63. The Morgan fingerprint density at radius 1 is 0.854 bits per heavy atom. The highest BCUT2D eigenvalue weighted by Crippen LogP contribution is 2.32. The predicted molar refractivity (Wildman–Crippen MR) is 155 cm³/mol. The molecule has 41 heavy (non-hydrogen) atoms. The number of sulfonamides is 1. The largest absolute Gasteiger partial charge is 0.493 e. The van der Waals surface area contributed by atoms with Crippen molar-refractivity contribution in [2.24, 2.45) is 0 Å². The van der Waals surface area contributed by atoms with Crippen LogP contribution in [0.5, 0.6) is 11.5 Å². The van der Waals surface area contributed by atoms with Crippen molar-refractivity contribution >= 4 is 27.7 Å². The third-order valence-corrected chi connectivity index (χ3v) is 9.18. The number of carbonyl (C=O) groups is 2. The highest BCUT2D eigenvalue weighted by atomic mass is 32.2. The molecule has 2 aliphatic rings. The van der Waals surface area contributed by atoms with Crippen LogP contribution in [0.15, 0.2) is 47.4 Å². The molecule has 2 aromatic carbocycles. The summed E-state index contributed by atoms with van der Waals surface area (Å²) in [7, 11) is -1.24. The van der Waals surface area contributed by atoms with Crippen molar-refractivity contribution in [3.63, 3.8) is 0 Å². The summed E-state index contributed by atoms with van der Waals surface area (Å²) in [6, 6.07) is 11.3. The molecule has 2 amide bonds. The molecule has 0 aromatic heterocycles. The van der Waals surface area contributed by atoms with E-state index in [0.29, 0.717) is 31.9 Å². The minimum absolute atomic E-state index is 0.0250. The van der Waals surface area contributed by atoms with E-state index in [1.807, 2.05) is 12.1 Å². The maximum absolute atomic E-state index is 14.0. The minimum atomic E-state index is -4.14. The van der Waals surface area contributed by atoms with Crippen molar-refractivity contribution < 1.29 is 32.2 Å². The first kappa shape index (κ1) is 30.4. The van der Waals surface area contributed by atoms with Gasteiger partial charge >= 0.3 is 6.09 Å². The molecule has 0 aliphatic carbocycles. The van der Waals surface area contributed by atoms with E-state index in [-0.39, 0.29) is 36.2 Å². The lowest BCUT2D eigenvalue weighted by molar-refractivity contribution is -0.137. The molecule has 12 heteroatoms. The van der Waals surface area contributed by atoms with E-state index in [9.17, 15) is 18.0 Å². The number of para-hydroxylation sites is 1. The van der Waals surface area contributed by atoms with Crippen LogP contribution in [-0.2, 0) is 19.6 Å². The highest BCUT2D eigenvalue weighted by Gasteiger charge is 2.44. The first-order chi connectivity index (χ1) is 19.4. The summed E-state index contributed by atoms with van der Waals surface area (Å²) >= 11 is 0. The van der Waals surface area contributed by atoms with Gasteiger partial charge in [0.25, 0.3) is 0 Å². The molecule has 2 saturated heterocycles. The van der Waals surface area contributed by atoms with Crippen LogP contribution in [0.1, 0.15) is 26.3 Å². The summed E-state index contributed by atoms with van der Waals surface area (Å²) in [5.41, 5.74) is 1.54. The van der Waals surface area contributed by atoms with Gasteiger partial charge in [0.05, 0.1) is 19.1 Å². The van der Waals surface area contributed by atoms with Gasteiger partial charge in [-0.15, -0.1) is 0 Å². The number of hydrogen-bond donors (Lipinski definition) is 0. The number of rotatable bonds is 6. The van der Waals surface area contributed by atoms with E-state index in [1.54, 1.807) is 25.7 Å². The fourth-order valence-corrected chi connectivity index (χ4v) is 6.74. The van der Waals surface area contributed by atoms with E-state index in [4.69, 9.17) is 14.2 Å². The Morgan fingerprint density at radius 2 is 1.49 bits per heavy atom. The van der Waals surface area contributed by atoms with E-state index in [0.717, 1.165) is 11.3 Å². The molecule has 0 saturated carbocycles. The Kier molecular flexibility index (Phi) is 9.03. The summed E-state index contributed by atoms with van der Waals surface area (Å²) in [6.45, 7) is 9.35. The van der Waals surface area contributed by atoms with Gasteiger partial charge in [-0.3, -0.25) is 4.79 Å². The van der Waals surface area contributed by atoms with Crippen LogP contribution >= 0.6 is 0 Å². The molecule has 2 fully saturated rings. The summed E-state index contributed by atoms with van der Waals surface area (Å²) in [5, 5.41) is 0. The average Bonchev–Trinajstić information content (AvgIpc) is 2.95. The van der Waals surface area contributed by atoms with Crippen LogP contribution in [0.25, 0.3) is 0 Å². The molecule has 2 aromatic rings. The molecule has 2 aliphatic heterocycles. The van der Waals surface area contributed by atoms with E-state index >= 15 is 0 Å². The summed E-state index contributed by atoms with van der Waals surface area (Å²) < 4.78 is 45.2. The van der Waals surface area contributed by atoms with Gasteiger partial charge in [0.15, 0.2) is 11.5 Å². The summed E-state index contributed by atoms with van der Waals surface area (Å²) in [6.07, 6.45) is -0.581. The van der Waals surface area contributed by atoms with Crippen molar-refractivity contribution in [2.75, 3.05) is 64.9 Å². The molecule has 4 rings (SSSR count). The summed E-state index contributed by atoms with van der Waals surface area (Å²) in [4.78, 5) is 32.3. The number of benzene rings is 2. The van der Waals surface area contributed by atoms with Crippen LogP contribution in [0, 0.1) is 6.92 Å². The van der Waals surface area contributed by atoms with Gasteiger partial charge in [-0.1, -0.05) is 18.2 Å². The number of methoxy groups -OCH3 is 2.